The van der Waals surface area contributed by atoms with Crippen LogP contribution in [-0.4, -0.2) is 11.5 Å². The maximum absolute atomic E-state index is 11.2. The van der Waals surface area contributed by atoms with Crippen molar-refractivity contribution in [1.29, 1.82) is 0 Å². The third-order valence-corrected chi connectivity index (χ3v) is 10.6. The van der Waals surface area contributed by atoms with Gasteiger partial charge < -0.3 is 4.74 Å². The first kappa shape index (κ1) is 23.7. The molecule has 3 heteroatoms. The second-order valence-corrected chi connectivity index (χ2v) is 12.8. The van der Waals surface area contributed by atoms with Gasteiger partial charge in [-0.1, -0.05) is 65.5 Å². The summed E-state index contributed by atoms with van der Waals surface area (Å²) in [6, 6.07) is 0. The van der Waals surface area contributed by atoms with Gasteiger partial charge in [0.15, 0.2) is 0 Å². The summed E-state index contributed by atoms with van der Waals surface area (Å²) in [7, 11) is 0. The second-order valence-electron chi connectivity index (χ2n) is 12.5. The summed E-state index contributed by atoms with van der Waals surface area (Å²) in [6.45, 7) is 12.5. The van der Waals surface area contributed by atoms with Gasteiger partial charge in [0, 0.05) is 18.0 Å². The predicted molar refractivity (Wildman–Crippen MR) is 129 cm³/mol. The number of hydrogen-bond donors (Lipinski definition) is 0. The first-order valence-electron chi connectivity index (χ1n) is 13.2. The van der Waals surface area contributed by atoms with Crippen LogP contribution in [0.2, 0.25) is 0 Å². The summed E-state index contributed by atoms with van der Waals surface area (Å²) >= 11 is 5.51. The SMILES string of the molecule is CC(C)CCC[C@H](C)[C@@H]1CCC2C3CC=C4CC(OC(=O)Cl)CC[C@@]4(C)C3CC[C@]21C. The average molecular weight is 449 g/mol. The Morgan fingerprint density at radius 3 is 2.58 bits per heavy atom. The maximum atomic E-state index is 11.2. The number of carbonyl (C=O) groups is 1. The second kappa shape index (κ2) is 9.03. The molecule has 0 aliphatic heterocycles. The molecule has 0 bridgehead atoms. The van der Waals surface area contributed by atoms with Crippen molar-refractivity contribution >= 4 is 17.0 Å². The molecule has 4 unspecified atom stereocenters. The van der Waals surface area contributed by atoms with E-state index in [9.17, 15) is 4.79 Å². The lowest BCUT2D eigenvalue weighted by atomic mass is 9.47. The largest absolute Gasteiger partial charge is 0.450 e. The van der Waals surface area contributed by atoms with E-state index >= 15 is 0 Å². The molecule has 0 aromatic carbocycles. The fraction of sp³-hybridized carbons (Fsp3) is 0.893. The zero-order chi connectivity index (χ0) is 22.4. The molecule has 176 valence electrons. The molecular weight excluding hydrogens is 404 g/mol. The van der Waals surface area contributed by atoms with Crippen LogP contribution in [0.4, 0.5) is 4.79 Å². The molecule has 0 N–H and O–H groups in total. The maximum Gasteiger partial charge on any atom is 0.404 e. The highest BCUT2D eigenvalue weighted by atomic mass is 35.5. The van der Waals surface area contributed by atoms with Gasteiger partial charge in [-0.05, 0) is 91.3 Å². The molecule has 0 saturated heterocycles. The first-order chi connectivity index (χ1) is 14.6. The molecule has 2 nitrogen and oxygen atoms in total. The normalized spacial score (nSPS) is 42.9. The molecule has 0 heterocycles. The summed E-state index contributed by atoms with van der Waals surface area (Å²) in [5.74, 6) is 5.19. The molecule has 3 fully saturated rings. The zero-order valence-electron chi connectivity index (χ0n) is 20.6. The lowest BCUT2D eigenvalue weighted by molar-refractivity contribution is -0.0573. The highest BCUT2D eigenvalue weighted by Gasteiger charge is 2.59. The minimum Gasteiger partial charge on any atom is -0.450 e. The number of fused-ring (bicyclic) bond motifs is 5. The van der Waals surface area contributed by atoms with Gasteiger partial charge in [-0.25, -0.2) is 4.79 Å². The molecule has 0 aromatic rings. The highest BCUT2D eigenvalue weighted by molar-refractivity contribution is 6.61. The van der Waals surface area contributed by atoms with Crippen molar-refractivity contribution in [2.75, 3.05) is 0 Å². The van der Waals surface area contributed by atoms with Crippen molar-refractivity contribution in [3.8, 4) is 0 Å². The van der Waals surface area contributed by atoms with E-state index in [0.717, 1.165) is 54.8 Å². The van der Waals surface area contributed by atoms with Gasteiger partial charge in [0.05, 0.1) is 0 Å². The number of hydrogen-bond acceptors (Lipinski definition) is 2. The summed E-state index contributed by atoms with van der Waals surface area (Å²) in [6.07, 6.45) is 16.7. The van der Waals surface area contributed by atoms with E-state index in [1.54, 1.807) is 5.57 Å². The van der Waals surface area contributed by atoms with Crippen molar-refractivity contribution in [2.45, 2.75) is 111 Å². The molecule has 8 atom stereocenters. The van der Waals surface area contributed by atoms with Crippen LogP contribution in [-0.2, 0) is 4.74 Å². The van der Waals surface area contributed by atoms with E-state index in [-0.39, 0.29) is 6.10 Å². The molecule has 0 spiro atoms. The lowest BCUT2D eigenvalue weighted by Crippen LogP contribution is -2.51. The Morgan fingerprint density at radius 2 is 1.87 bits per heavy atom. The van der Waals surface area contributed by atoms with Crippen LogP contribution in [0.25, 0.3) is 0 Å². The third kappa shape index (κ3) is 4.36. The van der Waals surface area contributed by atoms with Gasteiger partial charge in [0.25, 0.3) is 0 Å². The number of ether oxygens (including phenoxy) is 1. The van der Waals surface area contributed by atoms with Crippen LogP contribution in [0, 0.1) is 46.3 Å². The smallest absolute Gasteiger partial charge is 0.404 e. The molecule has 0 radical (unpaired) electrons. The van der Waals surface area contributed by atoms with Gasteiger partial charge in [0.1, 0.15) is 6.10 Å². The van der Waals surface area contributed by atoms with Crippen molar-refractivity contribution in [2.24, 2.45) is 46.3 Å². The summed E-state index contributed by atoms with van der Waals surface area (Å²) in [5, 5.41) is 0. The Morgan fingerprint density at radius 1 is 1.10 bits per heavy atom. The number of allylic oxidation sites excluding steroid dienone is 1. The standard InChI is InChI=1S/C28H45ClO2/c1-18(2)7-6-8-19(3)23-11-12-24-22-10-9-20-17-21(31-26(29)30)13-15-27(20,4)25(22)14-16-28(23,24)5/h9,18-19,21-25H,6-8,10-17H2,1-5H3/t19-,21?,22?,23-,24?,25?,27+,28-/m0/s1. The van der Waals surface area contributed by atoms with Gasteiger partial charge >= 0.3 is 5.43 Å². The minimum atomic E-state index is -0.643. The highest BCUT2D eigenvalue weighted by Crippen LogP contribution is 2.67. The van der Waals surface area contributed by atoms with Gasteiger partial charge in [-0.15, -0.1) is 0 Å². The molecule has 4 aliphatic rings. The van der Waals surface area contributed by atoms with E-state index in [1.807, 2.05) is 0 Å². The van der Waals surface area contributed by atoms with E-state index < -0.39 is 5.43 Å². The fourth-order valence-corrected chi connectivity index (χ4v) is 9.01. The van der Waals surface area contributed by atoms with Crippen molar-refractivity contribution in [3.05, 3.63) is 11.6 Å². The quantitative estimate of drug-likeness (QED) is 0.299. The van der Waals surface area contributed by atoms with Crippen LogP contribution >= 0.6 is 11.6 Å². The molecule has 3 saturated carbocycles. The van der Waals surface area contributed by atoms with Crippen LogP contribution < -0.4 is 0 Å². The molecular formula is C28H45ClO2. The summed E-state index contributed by atoms with van der Waals surface area (Å²) in [5.41, 5.74) is 1.77. The Labute approximate surface area is 195 Å². The summed E-state index contributed by atoms with van der Waals surface area (Å²) in [4.78, 5) is 11.2. The number of rotatable bonds is 6. The van der Waals surface area contributed by atoms with Crippen molar-refractivity contribution in [1.82, 2.24) is 0 Å². The van der Waals surface area contributed by atoms with Gasteiger partial charge in [-0.3, -0.25) is 0 Å². The lowest BCUT2D eigenvalue weighted by Gasteiger charge is -2.58. The van der Waals surface area contributed by atoms with Gasteiger partial charge in [-0.2, -0.15) is 0 Å². The van der Waals surface area contributed by atoms with E-state index in [1.165, 1.54) is 51.4 Å². The molecule has 0 amide bonds. The first-order valence-corrected chi connectivity index (χ1v) is 13.6. The molecule has 4 aliphatic carbocycles. The monoisotopic (exact) mass is 448 g/mol. The van der Waals surface area contributed by atoms with Crippen molar-refractivity contribution < 1.29 is 9.53 Å². The predicted octanol–water partition coefficient (Wildman–Crippen LogP) is 8.77. The molecule has 31 heavy (non-hydrogen) atoms. The minimum absolute atomic E-state index is 0.0164. The van der Waals surface area contributed by atoms with Gasteiger partial charge in [0.2, 0.25) is 0 Å². The third-order valence-electron chi connectivity index (χ3n) is 10.5. The topological polar surface area (TPSA) is 26.3 Å². The van der Waals surface area contributed by atoms with Crippen LogP contribution in [0.1, 0.15) is 105 Å². The Balaban J connectivity index is 1.47. The summed E-state index contributed by atoms with van der Waals surface area (Å²) < 4.78 is 5.38. The molecule has 0 aromatic heterocycles. The van der Waals surface area contributed by atoms with E-state index in [2.05, 4.69) is 40.7 Å². The Bertz CT molecular complexity index is 699. The fourth-order valence-electron chi connectivity index (χ4n) is 8.88. The number of halogens is 1. The Hall–Kier alpha value is -0.500. The van der Waals surface area contributed by atoms with E-state index in [0.29, 0.717) is 10.8 Å². The van der Waals surface area contributed by atoms with E-state index in [4.69, 9.17) is 16.3 Å². The Kier molecular flexibility index (Phi) is 6.89. The van der Waals surface area contributed by atoms with Crippen LogP contribution in [0.3, 0.4) is 0 Å². The molecule has 4 rings (SSSR count). The average Bonchev–Trinajstić information content (AvgIpc) is 3.05. The van der Waals surface area contributed by atoms with Crippen molar-refractivity contribution in [3.63, 3.8) is 0 Å². The van der Waals surface area contributed by atoms with Crippen LogP contribution in [0.15, 0.2) is 11.6 Å². The zero-order valence-corrected chi connectivity index (χ0v) is 21.3. The van der Waals surface area contributed by atoms with Crippen LogP contribution in [0.5, 0.6) is 0 Å². The number of carbonyl (C=O) groups excluding carboxylic acids is 1.